The normalized spacial score (nSPS) is 12.7. The first-order valence-electron chi connectivity index (χ1n) is 8.44. The van der Waals surface area contributed by atoms with Gasteiger partial charge in [0.1, 0.15) is 5.75 Å². The number of nitrogens with one attached hydrogen (secondary N) is 2. The van der Waals surface area contributed by atoms with Crippen LogP contribution in [0.3, 0.4) is 0 Å². The van der Waals surface area contributed by atoms with E-state index in [1.165, 1.54) is 12.1 Å². The van der Waals surface area contributed by atoms with Crippen molar-refractivity contribution >= 4 is 37.5 Å². The van der Waals surface area contributed by atoms with Crippen molar-refractivity contribution in [2.24, 2.45) is 0 Å². The number of halogens is 1. The largest absolute Gasteiger partial charge is 0.480 e. The lowest BCUT2D eigenvalue weighted by Gasteiger charge is -2.16. The molecule has 2 rings (SSSR count). The van der Waals surface area contributed by atoms with E-state index < -0.39 is 16.1 Å². The lowest BCUT2D eigenvalue weighted by Crippen LogP contribution is -2.31. The topological polar surface area (TPSA) is 84.5 Å². The van der Waals surface area contributed by atoms with Crippen LogP contribution >= 0.6 is 15.9 Å². The van der Waals surface area contributed by atoms with Crippen molar-refractivity contribution in [3.63, 3.8) is 0 Å². The smallest absolute Gasteiger partial charge is 0.265 e. The van der Waals surface area contributed by atoms with Crippen molar-refractivity contribution in [2.75, 3.05) is 5.32 Å². The van der Waals surface area contributed by atoms with Crippen molar-refractivity contribution in [1.82, 2.24) is 4.72 Å². The van der Waals surface area contributed by atoms with Crippen LogP contribution in [0, 0.1) is 6.92 Å². The van der Waals surface area contributed by atoms with E-state index in [1.54, 1.807) is 39.0 Å². The highest BCUT2D eigenvalue weighted by Crippen LogP contribution is 2.27. The van der Waals surface area contributed by atoms with Crippen LogP contribution in [0.4, 0.5) is 5.69 Å². The molecule has 0 aliphatic rings. The van der Waals surface area contributed by atoms with E-state index >= 15 is 0 Å². The molecular weight excluding hydrogens is 432 g/mol. The molecule has 0 bridgehead atoms. The molecule has 2 aromatic carbocycles. The Kier molecular flexibility index (Phi) is 7.02. The SMILES string of the molecule is Cc1ccc(OC(C)C(=O)Nc2ccc(S(=O)(=O)NC(C)C)cc2)c(Br)c1. The van der Waals surface area contributed by atoms with Crippen molar-refractivity contribution in [2.45, 2.75) is 44.7 Å². The van der Waals surface area contributed by atoms with Gasteiger partial charge in [-0.3, -0.25) is 4.79 Å². The van der Waals surface area contributed by atoms with Gasteiger partial charge in [0.05, 0.1) is 9.37 Å². The van der Waals surface area contributed by atoms with Gasteiger partial charge in [0.25, 0.3) is 5.91 Å². The summed E-state index contributed by atoms with van der Waals surface area (Å²) in [5, 5.41) is 2.72. The Balaban J connectivity index is 2.02. The fraction of sp³-hybridized carbons (Fsp3) is 0.316. The molecule has 2 aromatic rings. The number of carbonyl (C=O) groups excluding carboxylic acids is 1. The van der Waals surface area contributed by atoms with Gasteiger partial charge >= 0.3 is 0 Å². The second-order valence-corrected chi connectivity index (χ2v) is 9.05. The molecule has 0 spiro atoms. The lowest BCUT2D eigenvalue weighted by atomic mass is 10.2. The van der Waals surface area contributed by atoms with E-state index in [0.717, 1.165) is 10.0 Å². The van der Waals surface area contributed by atoms with Crippen LogP contribution < -0.4 is 14.8 Å². The Morgan fingerprint density at radius 3 is 2.26 bits per heavy atom. The molecule has 1 atom stereocenters. The predicted molar refractivity (Wildman–Crippen MR) is 109 cm³/mol. The number of carbonyl (C=O) groups is 1. The van der Waals surface area contributed by atoms with Gasteiger partial charge in [-0.05, 0) is 85.6 Å². The number of sulfonamides is 1. The number of aryl methyl sites for hydroxylation is 1. The van der Waals surface area contributed by atoms with Crippen LogP contribution in [0.25, 0.3) is 0 Å². The van der Waals surface area contributed by atoms with Crippen LogP contribution in [0.2, 0.25) is 0 Å². The Labute approximate surface area is 168 Å². The Bertz CT molecular complexity index is 912. The average molecular weight is 455 g/mol. The average Bonchev–Trinajstić information content (AvgIpc) is 2.56. The van der Waals surface area contributed by atoms with Crippen molar-refractivity contribution in [3.8, 4) is 5.75 Å². The molecule has 0 heterocycles. The van der Waals surface area contributed by atoms with Gasteiger partial charge in [0.2, 0.25) is 10.0 Å². The van der Waals surface area contributed by atoms with E-state index in [2.05, 4.69) is 26.0 Å². The maximum absolute atomic E-state index is 12.3. The second kappa shape index (κ2) is 8.86. The van der Waals surface area contributed by atoms with E-state index in [-0.39, 0.29) is 16.8 Å². The summed E-state index contributed by atoms with van der Waals surface area (Å²) in [7, 11) is -3.56. The summed E-state index contributed by atoms with van der Waals surface area (Å²) in [6.07, 6.45) is -0.727. The molecule has 0 aliphatic carbocycles. The molecule has 0 radical (unpaired) electrons. The number of hydrogen-bond acceptors (Lipinski definition) is 4. The van der Waals surface area contributed by atoms with Gasteiger partial charge in [-0.1, -0.05) is 6.07 Å². The van der Waals surface area contributed by atoms with Crippen molar-refractivity contribution < 1.29 is 17.9 Å². The van der Waals surface area contributed by atoms with Crippen LogP contribution in [0.5, 0.6) is 5.75 Å². The zero-order valence-corrected chi connectivity index (χ0v) is 18.0. The third kappa shape index (κ3) is 6.05. The highest BCUT2D eigenvalue weighted by Gasteiger charge is 2.18. The van der Waals surface area contributed by atoms with E-state index in [9.17, 15) is 13.2 Å². The number of amides is 1. The Hall–Kier alpha value is -1.90. The van der Waals surface area contributed by atoms with Gasteiger partial charge in [0.15, 0.2) is 6.10 Å². The molecule has 0 fully saturated rings. The van der Waals surface area contributed by atoms with E-state index in [0.29, 0.717) is 11.4 Å². The van der Waals surface area contributed by atoms with Gasteiger partial charge in [-0.15, -0.1) is 0 Å². The molecule has 6 nitrogen and oxygen atoms in total. The Morgan fingerprint density at radius 2 is 1.70 bits per heavy atom. The maximum Gasteiger partial charge on any atom is 0.265 e. The molecule has 8 heteroatoms. The number of ether oxygens (including phenoxy) is 1. The monoisotopic (exact) mass is 454 g/mol. The molecule has 2 N–H and O–H groups in total. The minimum absolute atomic E-state index is 0.141. The van der Waals surface area contributed by atoms with Crippen LogP contribution in [0.15, 0.2) is 51.8 Å². The van der Waals surface area contributed by atoms with E-state index in [4.69, 9.17) is 4.74 Å². The standard InChI is InChI=1S/C19H23BrN2O4S/c1-12(2)22-27(24,25)16-8-6-15(7-9-16)21-19(23)14(4)26-18-10-5-13(3)11-17(18)20/h5-12,14,22H,1-4H3,(H,21,23). The zero-order valence-electron chi connectivity index (χ0n) is 15.6. The fourth-order valence-corrected chi connectivity index (χ4v) is 4.12. The summed E-state index contributed by atoms with van der Waals surface area (Å²) in [6, 6.07) is 11.4. The highest BCUT2D eigenvalue weighted by atomic mass is 79.9. The summed E-state index contributed by atoms with van der Waals surface area (Å²) >= 11 is 3.42. The first-order valence-corrected chi connectivity index (χ1v) is 10.7. The third-order valence-electron chi connectivity index (χ3n) is 3.58. The molecule has 0 saturated heterocycles. The van der Waals surface area contributed by atoms with Gasteiger partial charge in [-0.2, -0.15) is 0 Å². The van der Waals surface area contributed by atoms with Gasteiger partial charge < -0.3 is 10.1 Å². The molecular formula is C19H23BrN2O4S. The maximum atomic E-state index is 12.3. The van der Waals surface area contributed by atoms with Crippen molar-refractivity contribution in [1.29, 1.82) is 0 Å². The minimum atomic E-state index is -3.56. The number of hydrogen-bond donors (Lipinski definition) is 2. The van der Waals surface area contributed by atoms with Crippen LogP contribution in [0.1, 0.15) is 26.3 Å². The van der Waals surface area contributed by atoms with Crippen LogP contribution in [-0.2, 0) is 14.8 Å². The van der Waals surface area contributed by atoms with Gasteiger partial charge in [-0.25, -0.2) is 13.1 Å². The molecule has 1 unspecified atom stereocenters. The zero-order chi connectivity index (χ0) is 20.2. The molecule has 0 saturated carbocycles. The van der Waals surface area contributed by atoms with Crippen LogP contribution in [-0.4, -0.2) is 26.5 Å². The first kappa shape index (κ1) is 21.4. The molecule has 0 aromatic heterocycles. The lowest BCUT2D eigenvalue weighted by molar-refractivity contribution is -0.122. The Morgan fingerprint density at radius 1 is 1.07 bits per heavy atom. The molecule has 1 amide bonds. The highest BCUT2D eigenvalue weighted by molar-refractivity contribution is 9.10. The third-order valence-corrected chi connectivity index (χ3v) is 5.88. The minimum Gasteiger partial charge on any atom is -0.480 e. The molecule has 146 valence electrons. The summed E-state index contributed by atoms with van der Waals surface area (Å²) in [4.78, 5) is 12.5. The van der Waals surface area contributed by atoms with Gasteiger partial charge in [0, 0.05) is 11.7 Å². The van der Waals surface area contributed by atoms with E-state index in [1.807, 2.05) is 19.1 Å². The fourth-order valence-electron chi connectivity index (χ4n) is 2.29. The summed E-state index contributed by atoms with van der Waals surface area (Å²) in [5.74, 6) is 0.239. The number of anilines is 1. The number of rotatable bonds is 7. The quantitative estimate of drug-likeness (QED) is 0.665. The summed E-state index contributed by atoms with van der Waals surface area (Å²) in [6.45, 7) is 7.11. The first-order chi connectivity index (χ1) is 12.6. The number of benzene rings is 2. The molecule has 0 aliphatic heterocycles. The second-order valence-electron chi connectivity index (χ2n) is 6.48. The predicted octanol–water partition coefficient (Wildman–Crippen LogP) is 3.85. The summed E-state index contributed by atoms with van der Waals surface area (Å²) in [5.41, 5.74) is 1.57. The summed E-state index contributed by atoms with van der Waals surface area (Å²) < 4.78 is 33.2. The molecule has 27 heavy (non-hydrogen) atoms. The van der Waals surface area contributed by atoms with Crippen molar-refractivity contribution in [3.05, 3.63) is 52.5 Å².